The number of hydrogen-bond acceptors (Lipinski definition) is 7. The summed E-state index contributed by atoms with van der Waals surface area (Å²) < 4.78 is 0. The number of anilines is 1. The molecule has 0 spiro atoms. The number of rotatable bonds is 4. The number of carbonyl (C=O) groups is 2. The number of nitrogens with one attached hydrogen (secondary N) is 1. The van der Waals surface area contributed by atoms with Crippen LogP contribution in [0.1, 0.15) is 28.2 Å². The van der Waals surface area contributed by atoms with Crippen molar-refractivity contribution in [2.45, 2.75) is 19.8 Å². The standard InChI is InChI=1S/C24H22N6O2S/c1-15-28-29-22(33-15)18-7-8-19-14-25-24(26-20(19)13-18)27-21(31)16-9-11-30(12-10-16)23(32)17-5-3-2-4-6-17/h2-8,13-14,16H,9-12H2,1H3,(H,25,26,27,31). The third-order valence-electron chi connectivity index (χ3n) is 5.76. The normalized spacial score (nSPS) is 14.4. The summed E-state index contributed by atoms with van der Waals surface area (Å²) in [4.78, 5) is 36.1. The molecule has 2 aromatic carbocycles. The van der Waals surface area contributed by atoms with Gasteiger partial charge < -0.3 is 4.90 Å². The van der Waals surface area contributed by atoms with Crippen molar-refractivity contribution in [2.75, 3.05) is 18.4 Å². The van der Waals surface area contributed by atoms with Crippen LogP contribution in [-0.2, 0) is 4.79 Å². The van der Waals surface area contributed by atoms with E-state index in [4.69, 9.17) is 0 Å². The second-order valence-electron chi connectivity index (χ2n) is 8.02. The average molecular weight is 459 g/mol. The summed E-state index contributed by atoms with van der Waals surface area (Å²) in [5.41, 5.74) is 2.33. The zero-order valence-corrected chi connectivity index (χ0v) is 18.9. The molecule has 0 atom stereocenters. The van der Waals surface area contributed by atoms with Crippen molar-refractivity contribution in [3.63, 3.8) is 0 Å². The molecule has 0 radical (unpaired) electrons. The van der Waals surface area contributed by atoms with Crippen LogP contribution in [0.4, 0.5) is 5.95 Å². The van der Waals surface area contributed by atoms with Crippen molar-refractivity contribution >= 4 is 40.0 Å². The molecule has 1 saturated heterocycles. The quantitative estimate of drug-likeness (QED) is 0.497. The van der Waals surface area contributed by atoms with E-state index in [0.717, 1.165) is 26.5 Å². The highest BCUT2D eigenvalue weighted by Gasteiger charge is 2.28. The molecule has 4 aromatic rings. The summed E-state index contributed by atoms with van der Waals surface area (Å²) >= 11 is 1.52. The second-order valence-corrected chi connectivity index (χ2v) is 9.20. The van der Waals surface area contributed by atoms with E-state index >= 15 is 0 Å². The van der Waals surface area contributed by atoms with E-state index in [1.54, 1.807) is 6.20 Å². The number of hydrogen-bond donors (Lipinski definition) is 1. The van der Waals surface area contributed by atoms with E-state index in [1.165, 1.54) is 11.3 Å². The van der Waals surface area contributed by atoms with Crippen molar-refractivity contribution in [2.24, 2.45) is 5.92 Å². The molecule has 166 valence electrons. The van der Waals surface area contributed by atoms with Crippen LogP contribution in [0.25, 0.3) is 21.5 Å². The number of amides is 2. The lowest BCUT2D eigenvalue weighted by Crippen LogP contribution is -2.41. The summed E-state index contributed by atoms with van der Waals surface area (Å²) in [5.74, 6) is -0.00785. The van der Waals surface area contributed by atoms with Gasteiger partial charge in [0.15, 0.2) is 0 Å². The van der Waals surface area contributed by atoms with Crippen LogP contribution in [0.15, 0.2) is 54.7 Å². The van der Waals surface area contributed by atoms with Crippen molar-refractivity contribution in [3.05, 3.63) is 65.3 Å². The third-order valence-corrected chi connectivity index (χ3v) is 6.65. The van der Waals surface area contributed by atoms with Crippen molar-refractivity contribution in [3.8, 4) is 10.6 Å². The lowest BCUT2D eigenvalue weighted by molar-refractivity contribution is -0.121. The van der Waals surface area contributed by atoms with Crippen molar-refractivity contribution < 1.29 is 9.59 Å². The molecular weight excluding hydrogens is 436 g/mol. The number of piperidine rings is 1. The monoisotopic (exact) mass is 458 g/mol. The van der Waals surface area contributed by atoms with Gasteiger partial charge in [-0.2, -0.15) is 0 Å². The molecule has 3 heterocycles. The molecule has 1 aliphatic rings. The van der Waals surface area contributed by atoms with Crippen molar-refractivity contribution in [1.82, 2.24) is 25.1 Å². The van der Waals surface area contributed by atoms with E-state index in [9.17, 15) is 9.59 Å². The summed E-state index contributed by atoms with van der Waals surface area (Å²) in [6.07, 6.45) is 2.92. The molecule has 8 nitrogen and oxygen atoms in total. The number of aromatic nitrogens is 4. The predicted molar refractivity (Wildman–Crippen MR) is 127 cm³/mol. The van der Waals surface area contributed by atoms with E-state index in [2.05, 4.69) is 25.5 Å². The van der Waals surface area contributed by atoms with E-state index in [-0.39, 0.29) is 23.7 Å². The van der Waals surface area contributed by atoms with Crippen LogP contribution in [0, 0.1) is 12.8 Å². The Morgan fingerprint density at radius 3 is 2.58 bits per heavy atom. The second kappa shape index (κ2) is 9.03. The maximum absolute atomic E-state index is 12.8. The summed E-state index contributed by atoms with van der Waals surface area (Å²) in [6.45, 7) is 3.02. The fourth-order valence-corrected chi connectivity index (χ4v) is 4.64. The molecule has 1 N–H and O–H groups in total. The zero-order valence-electron chi connectivity index (χ0n) is 18.1. The molecule has 2 amide bonds. The molecule has 33 heavy (non-hydrogen) atoms. The Kier molecular flexibility index (Phi) is 5.78. The van der Waals surface area contributed by atoms with Crippen molar-refractivity contribution in [1.29, 1.82) is 0 Å². The minimum Gasteiger partial charge on any atom is -0.339 e. The molecule has 0 bridgehead atoms. The molecule has 5 rings (SSSR count). The van der Waals surface area contributed by atoms with Crippen LogP contribution in [0.5, 0.6) is 0 Å². The Morgan fingerprint density at radius 1 is 1.06 bits per heavy atom. The van der Waals surface area contributed by atoms with E-state index in [0.29, 0.717) is 31.5 Å². The molecule has 0 aliphatic carbocycles. The van der Waals surface area contributed by atoms with Gasteiger partial charge in [0.2, 0.25) is 11.9 Å². The minimum absolute atomic E-state index is 0.00810. The van der Waals surface area contributed by atoms with Gasteiger partial charge in [-0.3, -0.25) is 14.9 Å². The number of carbonyl (C=O) groups excluding carboxylic acids is 2. The fraction of sp³-hybridized carbons (Fsp3) is 0.250. The lowest BCUT2D eigenvalue weighted by atomic mass is 9.95. The van der Waals surface area contributed by atoms with E-state index in [1.807, 2.05) is 60.4 Å². The third kappa shape index (κ3) is 4.58. The smallest absolute Gasteiger partial charge is 0.253 e. The van der Waals surface area contributed by atoms with Gasteiger partial charge in [-0.25, -0.2) is 9.97 Å². The topological polar surface area (TPSA) is 101 Å². The molecular formula is C24H22N6O2S. The Hall–Kier alpha value is -3.72. The summed E-state index contributed by atoms with van der Waals surface area (Å²) in [5, 5.41) is 13.7. The van der Waals surface area contributed by atoms with Crippen LogP contribution in [0.3, 0.4) is 0 Å². The largest absolute Gasteiger partial charge is 0.339 e. The van der Waals surface area contributed by atoms with Gasteiger partial charge in [0, 0.05) is 41.7 Å². The molecule has 9 heteroatoms. The number of aryl methyl sites for hydroxylation is 1. The highest BCUT2D eigenvalue weighted by atomic mass is 32.1. The molecule has 1 aliphatic heterocycles. The SMILES string of the molecule is Cc1nnc(-c2ccc3cnc(NC(=O)C4CCN(C(=O)c5ccccc5)CC4)nc3c2)s1. The number of benzene rings is 2. The van der Waals surface area contributed by atoms with E-state index < -0.39 is 0 Å². The first-order valence-electron chi connectivity index (χ1n) is 10.8. The highest BCUT2D eigenvalue weighted by molar-refractivity contribution is 7.14. The Balaban J connectivity index is 1.24. The van der Waals surface area contributed by atoms with Crippen LogP contribution in [-0.4, -0.2) is 50.0 Å². The number of likely N-dealkylation sites (tertiary alicyclic amines) is 1. The van der Waals surface area contributed by atoms with Crippen LogP contribution in [0.2, 0.25) is 0 Å². The molecule has 2 aromatic heterocycles. The first-order valence-corrected chi connectivity index (χ1v) is 11.6. The summed E-state index contributed by atoms with van der Waals surface area (Å²) in [6, 6.07) is 15.1. The Bertz CT molecular complexity index is 1320. The maximum Gasteiger partial charge on any atom is 0.253 e. The number of fused-ring (bicyclic) bond motifs is 1. The fourth-order valence-electron chi connectivity index (χ4n) is 3.95. The molecule has 0 saturated carbocycles. The van der Waals surface area contributed by atoms with Gasteiger partial charge in [0.25, 0.3) is 5.91 Å². The van der Waals surface area contributed by atoms with Gasteiger partial charge >= 0.3 is 0 Å². The Morgan fingerprint density at radius 2 is 1.85 bits per heavy atom. The average Bonchev–Trinajstić information content (AvgIpc) is 3.30. The summed E-state index contributed by atoms with van der Waals surface area (Å²) in [7, 11) is 0. The minimum atomic E-state index is -0.181. The van der Waals surface area contributed by atoms with Gasteiger partial charge in [0.05, 0.1) is 5.52 Å². The van der Waals surface area contributed by atoms with Gasteiger partial charge in [-0.05, 0) is 38.0 Å². The van der Waals surface area contributed by atoms with Crippen LogP contribution >= 0.6 is 11.3 Å². The first-order chi connectivity index (χ1) is 16.1. The molecule has 0 unspecified atom stereocenters. The van der Waals surface area contributed by atoms with Gasteiger partial charge in [0.1, 0.15) is 10.0 Å². The predicted octanol–water partition coefficient (Wildman–Crippen LogP) is 3.95. The lowest BCUT2D eigenvalue weighted by Gasteiger charge is -2.31. The van der Waals surface area contributed by atoms with Crippen LogP contribution < -0.4 is 5.32 Å². The van der Waals surface area contributed by atoms with Gasteiger partial charge in [-0.1, -0.05) is 41.7 Å². The first kappa shape index (κ1) is 21.1. The molecule has 1 fully saturated rings. The van der Waals surface area contributed by atoms with Gasteiger partial charge in [-0.15, -0.1) is 10.2 Å². The maximum atomic E-state index is 12.8. The zero-order chi connectivity index (χ0) is 22.8. The highest BCUT2D eigenvalue weighted by Crippen LogP contribution is 2.26. The number of nitrogens with zero attached hydrogens (tertiary/aromatic N) is 5. The Labute approximate surface area is 194 Å².